The van der Waals surface area contributed by atoms with Crippen LogP contribution in [0.2, 0.25) is 0 Å². The third kappa shape index (κ3) is 2.03. The summed E-state index contributed by atoms with van der Waals surface area (Å²) < 4.78 is 0. The monoisotopic (exact) mass is 219 g/mol. The molecule has 86 valence electrons. The lowest BCUT2D eigenvalue weighted by molar-refractivity contribution is 0.203. The Hall–Kier alpha value is -1.51. The molecule has 1 aliphatic carbocycles. The second kappa shape index (κ2) is 4.56. The standard InChI is InChI=1S/C13H17NO2/c1-14(13(15)16)12-9-5-4-8-11(12)10-6-2-3-7-10/h4-5,8-10H,2-3,6-7H2,1H3,(H,15,16). The minimum atomic E-state index is -0.898. The number of amides is 1. The van der Waals surface area contributed by atoms with E-state index in [2.05, 4.69) is 6.07 Å². The summed E-state index contributed by atoms with van der Waals surface area (Å²) >= 11 is 0. The molecule has 0 heterocycles. The van der Waals surface area contributed by atoms with E-state index in [1.54, 1.807) is 7.05 Å². The van der Waals surface area contributed by atoms with Crippen LogP contribution < -0.4 is 4.90 Å². The van der Waals surface area contributed by atoms with Crippen molar-refractivity contribution in [2.45, 2.75) is 31.6 Å². The van der Waals surface area contributed by atoms with Crippen molar-refractivity contribution in [3.63, 3.8) is 0 Å². The summed E-state index contributed by atoms with van der Waals surface area (Å²) in [7, 11) is 1.61. The van der Waals surface area contributed by atoms with Gasteiger partial charge in [-0.15, -0.1) is 0 Å². The van der Waals surface area contributed by atoms with Gasteiger partial charge in [-0.2, -0.15) is 0 Å². The number of anilines is 1. The molecule has 0 spiro atoms. The minimum absolute atomic E-state index is 0.540. The van der Waals surface area contributed by atoms with Gasteiger partial charge in [-0.3, -0.25) is 4.90 Å². The van der Waals surface area contributed by atoms with Crippen molar-refractivity contribution in [3.8, 4) is 0 Å². The third-order valence-corrected chi connectivity index (χ3v) is 3.38. The molecule has 1 saturated carbocycles. The summed E-state index contributed by atoms with van der Waals surface area (Å²) in [5, 5.41) is 9.03. The van der Waals surface area contributed by atoms with Crippen LogP contribution in [-0.4, -0.2) is 18.2 Å². The van der Waals surface area contributed by atoms with Crippen molar-refractivity contribution < 1.29 is 9.90 Å². The van der Waals surface area contributed by atoms with E-state index in [1.807, 2.05) is 18.2 Å². The van der Waals surface area contributed by atoms with Gasteiger partial charge >= 0.3 is 6.09 Å². The molecule has 1 fully saturated rings. The van der Waals surface area contributed by atoms with Crippen LogP contribution in [0.25, 0.3) is 0 Å². The van der Waals surface area contributed by atoms with Gasteiger partial charge in [0.2, 0.25) is 0 Å². The molecule has 16 heavy (non-hydrogen) atoms. The predicted octanol–water partition coefficient (Wildman–Crippen LogP) is 3.46. The fourth-order valence-corrected chi connectivity index (χ4v) is 2.48. The molecule has 0 atom stereocenters. The van der Waals surface area contributed by atoms with Crippen LogP contribution in [0.4, 0.5) is 10.5 Å². The van der Waals surface area contributed by atoms with Crippen LogP contribution in [0.5, 0.6) is 0 Å². The van der Waals surface area contributed by atoms with Crippen molar-refractivity contribution in [2.24, 2.45) is 0 Å². The number of carbonyl (C=O) groups is 1. The summed E-state index contributed by atoms with van der Waals surface area (Å²) in [5.74, 6) is 0.540. The molecule has 0 unspecified atom stereocenters. The Bertz CT molecular complexity index is 383. The SMILES string of the molecule is CN(C(=O)O)c1ccccc1C1CCCC1. The summed E-state index contributed by atoms with van der Waals surface area (Å²) in [6.07, 6.45) is 3.99. The van der Waals surface area contributed by atoms with Gasteiger partial charge < -0.3 is 5.11 Å². The molecule has 2 rings (SSSR count). The van der Waals surface area contributed by atoms with Crippen molar-refractivity contribution in [3.05, 3.63) is 29.8 Å². The fraction of sp³-hybridized carbons (Fsp3) is 0.462. The fourth-order valence-electron chi connectivity index (χ4n) is 2.48. The topological polar surface area (TPSA) is 40.5 Å². The largest absolute Gasteiger partial charge is 0.465 e. The van der Waals surface area contributed by atoms with Gasteiger partial charge in [0.15, 0.2) is 0 Å². The van der Waals surface area contributed by atoms with E-state index in [0.29, 0.717) is 5.92 Å². The first kappa shape index (κ1) is 11.0. The molecule has 0 saturated heterocycles. The highest BCUT2D eigenvalue weighted by atomic mass is 16.4. The van der Waals surface area contributed by atoms with Crippen LogP contribution in [0.15, 0.2) is 24.3 Å². The zero-order valence-corrected chi connectivity index (χ0v) is 9.52. The van der Waals surface area contributed by atoms with Gasteiger partial charge in [0, 0.05) is 7.05 Å². The van der Waals surface area contributed by atoms with Gasteiger partial charge in [-0.1, -0.05) is 31.0 Å². The zero-order chi connectivity index (χ0) is 11.5. The summed E-state index contributed by atoms with van der Waals surface area (Å²) in [4.78, 5) is 12.3. The zero-order valence-electron chi connectivity index (χ0n) is 9.52. The first-order chi connectivity index (χ1) is 7.70. The molecule has 0 aliphatic heterocycles. The van der Waals surface area contributed by atoms with E-state index < -0.39 is 6.09 Å². The second-order valence-electron chi connectivity index (χ2n) is 4.38. The van der Waals surface area contributed by atoms with Gasteiger partial charge in [0.05, 0.1) is 5.69 Å². The summed E-state index contributed by atoms with van der Waals surface area (Å²) in [6.45, 7) is 0. The molecular weight excluding hydrogens is 202 g/mol. The Morgan fingerprint density at radius 3 is 2.56 bits per heavy atom. The molecule has 0 bridgehead atoms. The highest BCUT2D eigenvalue weighted by molar-refractivity contribution is 5.86. The van der Waals surface area contributed by atoms with E-state index in [0.717, 1.165) is 5.69 Å². The number of para-hydroxylation sites is 1. The second-order valence-corrected chi connectivity index (χ2v) is 4.38. The summed E-state index contributed by atoms with van der Waals surface area (Å²) in [5.41, 5.74) is 2.02. The van der Waals surface area contributed by atoms with E-state index in [9.17, 15) is 4.79 Å². The van der Waals surface area contributed by atoms with E-state index in [4.69, 9.17) is 5.11 Å². The van der Waals surface area contributed by atoms with Crippen molar-refractivity contribution >= 4 is 11.8 Å². The molecule has 3 nitrogen and oxygen atoms in total. The Morgan fingerprint density at radius 2 is 1.94 bits per heavy atom. The number of carboxylic acid groups (broad SMARTS) is 1. The normalized spacial score (nSPS) is 16.3. The molecule has 0 aromatic heterocycles. The maximum absolute atomic E-state index is 11.0. The van der Waals surface area contributed by atoms with E-state index >= 15 is 0 Å². The Labute approximate surface area is 95.7 Å². The first-order valence-electron chi connectivity index (χ1n) is 5.75. The van der Waals surface area contributed by atoms with Crippen LogP contribution >= 0.6 is 0 Å². The Balaban J connectivity index is 2.33. The van der Waals surface area contributed by atoms with Gasteiger partial charge in [-0.05, 0) is 30.4 Å². The minimum Gasteiger partial charge on any atom is -0.465 e. The highest BCUT2D eigenvalue weighted by Gasteiger charge is 2.22. The molecule has 1 aromatic rings. The van der Waals surface area contributed by atoms with Crippen molar-refractivity contribution in [1.29, 1.82) is 0 Å². The number of hydrogen-bond acceptors (Lipinski definition) is 1. The van der Waals surface area contributed by atoms with Gasteiger partial charge in [0.25, 0.3) is 0 Å². The molecule has 1 aliphatic rings. The molecule has 1 amide bonds. The lowest BCUT2D eigenvalue weighted by Gasteiger charge is -2.20. The van der Waals surface area contributed by atoms with Crippen LogP contribution in [0.1, 0.15) is 37.2 Å². The average molecular weight is 219 g/mol. The van der Waals surface area contributed by atoms with Crippen molar-refractivity contribution in [2.75, 3.05) is 11.9 Å². The third-order valence-electron chi connectivity index (χ3n) is 3.38. The average Bonchev–Trinajstić information content (AvgIpc) is 2.81. The number of nitrogens with zero attached hydrogens (tertiary/aromatic N) is 1. The van der Waals surface area contributed by atoms with Crippen LogP contribution in [0, 0.1) is 0 Å². The van der Waals surface area contributed by atoms with Gasteiger partial charge in [0.1, 0.15) is 0 Å². The smallest absolute Gasteiger partial charge is 0.411 e. The number of hydrogen-bond donors (Lipinski definition) is 1. The predicted molar refractivity (Wildman–Crippen MR) is 64.1 cm³/mol. The van der Waals surface area contributed by atoms with Crippen LogP contribution in [0.3, 0.4) is 0 Å². The molecule has 3 heteroatoms. The van der Waals surface area contributed by atoms with Crippen molar-refractivity contribution in [1.82, 2.24) is 0 Å². The lowest BCUT2D eigenvalue weighted by atomic mass is 9.95. The molecular formula is C13H17NO2. The maximum atomic E-state index is 11.0. The Kier molecular flexibility index (Phi) is 3.13. The van der Waals surface area contributed by atoms with Gasteiger partial charge in [-0.25, -0.2) is 4.79 Å². The number of benzene rings is 1. The quantitative estimate of drug-likeness (QED) is 0.827. The van der Waals surface area contributed by atoms with Crippen LogP contribution in [-0.2, 0) is 0 Å². The number of rotatable bonds is 2. The molecule has 1 aromatic carbocycles. The van der Waals surface area contributed by atoms with E-state index in [1.165, 1.54) is 36.1 Å². The Morgan fingerprint density at radius 1 is 1.31 bits per heavy atom. The maximum Gasteiger partial charge on any atom is 0.411 e. The van der Waals surface area contributed by atoms with E-state index in [-0.39, 0.29) is 0 Å². The molecule has 1 N–H and O–H groups in total. The summed E-state index contributed by atoms with van der Waals surface area (Å²) in [6, 6.07) is 7.84. The first-order valence-corrected chi connectivity index (χ1v) is 5.75. The highest BCUT2D eigenvalue weighted by Crippen LogP contribution is 2.38. The lowest BCUT2D eigenvalue weighted by Crippen LogP contribution is -2.25. The molecule has 0 radical (unpaired) electrons.